The molecule has 6 aromatic rings. The number of rotatable bonds is 5. The van der Waals surface area contributed by atoms with Crippen LogP contribution in [-0.4, -0.2) is 5.43 Å². The Kier molecular flexibility index (Phi) is 17.8. The van der Waals surface area contributed by atoms with Crippen molar-refractivity contribution in [2.45, 2.75) is 84.8 Å². The number of fused-ring (bicyclic) bond motifs is 2. The number of hydrogen-bond acceptors (Lipinski definition) is 0. The minimum absolute atomic E-state index is 0. The molecule has 0 unspecified atom stereocenters. The molecule has 0 N–H and O–H groups in total. The smallest absolute Gasteiger partial charge is 0.416 e. The molecule has 0 saturated carbocycles. The van der Waals surface area contributed by atoms with Gasteiger partial charge in [-0.1, -0.05) is 48.2 Å². The van der Waals surface area contributed by atoms with E-state index < -0.39 is 47.0 Å². The van der Waals surface area contributed by atoms with Gasteiger partial charge in [-0.3, -0.25) is 0 Å². The molecule has 318 valence electrons. The monoisotopic (exact) mass is 970 g/mol. The summed E-state index contributed by atoms with van der Waals surface area (Å²) in [5.74, 6) is 0. The number of aryl methyl sites for hydroxylation is 4. The van der Waals surface area contributed by atoms with Crippen molar-refractivity contribution in [1.82, 2.24) is 0 Å². The SMILES string of the molecule is CC[Si](=[Zr+2])CC.CCc1cc2c(-c3cc(C(F)(F)F)cc(C(F)(F)F)c3)cc(C)cc2[cH-]1.Cc1cc(-c2cc(C(F)(F)F)cc(C(F)(F)F)c2)c2cc(C)[cH-]c2c1.[Cl-].[Cl-]. The van der Waals surface area contributed by atoms with Crippen LogP contribution < -0.4 is 24.8 Å². The van der Waals surface area contributed by atoms with Gasteiger partial charge in [0.05, 0.1) is 22.3 Å². The van der Waals surface area contributed by atoms with Crippen LogP contribution in [-0.2, 0) is 54.5 Å². The van der Waals surface area contributed by atoms with Crippen molar-refractivity contribution < 1.29 is 101 Å². The summed E-state index contributed by atoms with van der Waals surface area (Å²) < 4.78 is 157. The minimum atomic E-state index is -4.86. The van der Waals surface area contributed by atoms with Crippen molar-refractivity contribution >= 4 is 27.0 Å². The van der Waals surface area contributed by atoms with E-state index in [1.54, 1.807) is 55.4 Å². The van der Waals surface area contributed by atoms with Crippen molar-refractivity contribution in [1.29, 1.82) is 0 Å². The van der Waals surface area contributed by atoms with Crippen LogP contribution in [0, 0.1) is 20.8 Å². The fraction of sp³-hybridized carbons (Fsp3) is 0.302. The Balaban J connectivity index is 0.000000347. The summed E-state index contributed by atoms with van der Waals surface area (Å²) in [6.07, 6.45) is -18.7. The normalized spacial score (nSPS) is 11.9. The molecule has 0 bridgehead atoms. The first-order valence-corrected chi connectivity index (χ1v) is 23.4. The molecule has 59 heavy (non-hydrogen) atoms. The zero-order valence-corrected chi connectivity index (χ0v) is 37.5. The molecule has 6 aromatic carbocycles. The molecule has 0 radical (unpaired) electrons. The first-order valence-electron chi connectivity index (χ1n) is 17.8. The summed E-state index contributed by atoms with van der Waals surface area (Å²) in [6.45, 7) is 11.9. The van der Waals surface area contributed by atoms with Gasteiger partial charge in [-0.2, -0.15) is 64.8 Å². The summed E-state index contributed by atoms with van der Waals surface area (Å²) in [4.78, 5) is 0. The van der Waals surface area contributed by atoms with Crippen LogP contribution in [0.2, 0.25) is 12.1 Å². The fourth-order valence-electron chi connectivity index (χ4n) is 6.31. The van der Waals surface area contributed by atoms with E-state index in [9.17, 15) is 52.7 Å². The van der Waals surface area contributed by atoms with Crippen LogP contribution >= 0.6 is 0 Å². The van der Waals surface area contributed by atoms with Crippen molar-refractivity contribution in [2.75, 3.05) is 0 Å². The molecule has 16 heteroatoms. The second kappa shape index (κ2) is 20.2. The average Bonchev–Trinajstić information content (AvgIpc) is 3.71. The molecular weight excluding hydrogens is 935 g/mol. The van der Waals surface area contributed by atoms with E-state index in [2.05, 4.69) is 13.8 Å². The number of hydrogen-bond donors (Lipinski definition) is 0. The molecule has 0 nitrogen and oxygen atoms in total. The van der Waals surface area contributed by atoms with Gasteiger partial charge in [0.15, 0.2) is 0 Å². The van der Waals surface area contributed by atoms with E-state index in [1.165, 1.54) is 12.1 Å². The third-order valence-corrected chi connectivity index (χ3v) is 16.1. The summed E-state index contributed by atoms with van der Waals surface area (Å²) in [6, 6.07) is 20.6. The van der Waals surface area contributed by atoms with Crippen LogP contribution in [0.4, 0.5) is 52.7 Å². The standard InChI is InChI=1S/C20H15F6.C19H13F6.C4H10Si.2ClH.Zr/c1-3-12-6-13-4-11(2)5-17(18(13)7-12)14-8-15(19(21,22)23)10-16(9-14)20(24,25)26;1-10-3-12-4-11(2)6-17(16(12)5-10)13-7-14(18(20,21)22)9-15(8-13)19(23,24)25;1-3-5-4-2;;;/h4-10H,3H2,1-2H3;3-9H,1-2H3;3-4H2,1-2H3;2*1H;/q2*-1;;;;+2/p-2. The molecule has 6 rings (SSSR count). The summed E-state index contributed by atoms with van der Waals surface area (Å²) in [7, 11) is 0. The first-order chi connectivity index (χ1) is 26.2. The molecule has 0 aromatic heterocycles. The number of alkyl halides is 12. The predicted molar refractivity (Wildman–Crippen MR) is 200 cm³/mol. The van der Waals surface area contributed by atoms with Crippen LogP contribution in [0.15, 0.2) is 84.9 Å². The molecule has 0 aliphatic heterocycles. The Morgan fingerprint density at radius 1 is 0.475 bits per heavy atom. The summed E-state index contributed by atoms with van der Waals surface area (Å²) in [5, 5.41) is 2.89. The van der Waals surface area contributed by atoms with Crippen molar-refractivity contribution in [2.24, 2.45) is 0 Å². The van der Waals surface area contributed by atoms with E-state index in [4.69, 9.17) is 0 Å². The third kappa shape index (κ3) is 13.5. The third-order valence-electron chi connectivity index (χ3n) is 9.20. The van der Waals surface area contributed by atoms with Gasteiger partial charge in [0.1, 0.15) is 0 Å². The van der Waals surface area contributed by atoms with Gasteiger partial charge in [0.25, 0.3) is 0 Å². The second-order valence-corrected chi connectivity index (χ2v) is 21.6. The van der Waals surface area contributed by atoms with E-state index in [-0.39, 0.29) is 53.5 Å². The second-order valence-electron chi connectivity index (χ2n) is 13.8. The van der Waals surface area contributed by atoms with Gasteiger partial charge < -0.3 is 24.8 Å². The topological polar surface area (TPSA) is 0 Å². The quantitative estimate of drug-likeness (QED) is 0.0919. The minimum Gasteiger partial charge on any atom is -1.00 e. The van der Waals surface area contributed by atoms with E-state index >= 15 is 0 Å². The maximum atomic E-state index is 13.1. The maximum Gasteiger partial charge on any atom is 0.416 e. The Hall–Kier alpha value is -3.06. The molecule has 0 spiro atoms. The molecule has 0 heterocycles. The Labute approximate surface area is 362 Å². The zero-order chi connectivity index (χ0) is 42.8. The van der Waals surface area contributed by atoms with Crippen molar-refractivity contribution in [3.8, 4) is 22.3 Å². The molecular formula is C43H38Cl2F12SiZr-2. The molecule has 0 saturated heterocycles. The Bertz CT molecular complexity index is 2310. The summed E-state index contributed by atoms with van der Waals surface area (Å²) >= 11 is 1.80. The maximum absolute atomic E-state index is 13.1. The van der Waals surface area contributed by atoms with Gasteiger partial charge in [-0.05, 0) is 67.8 Å². The molecule has 0 fully saturated rings. The van der Waals surface area contributed by atoms with Crippen molar-refractivity contribution in [3.05, 3.63) is 129 Å². The zero-order valence-electron chi connectivity index (χ0n) is 32.5. The van der Waals surface area contributed by atoms with Gasteiger partial charge >= 0.3 is 79.4 Å². The van der Waals surface area contributed by atoms with Crippen LogP contribution in [0.5, 0.6) is 0 Å². The Morgan fingerprint density at radius 3 is 1.12 bits per heavy atom. The largest absolute Gasteiger partial charge is 1.00 e. The fourth-order valence-corrected chi connectivity index (χ4v) is 6.81. The van der Waals surface area contributed by atoms with E-state index in [0.717, 1.165) is 63.7 Å². The van der Waals surface area contributed by atoms with Gasteiger partial charge in [-0.15, -0.1) is 56.9 Å². The predicted octanol–water partition coefficient (Wildman–Crippen LogP) is 9.59. The van der Waals surface area contributed by atoms with E-state index in [1.807, 2.05) is 44.2 Å². The first kappa shape index (κ1) is 52.1. The van der Waals surface area contributed by atoms with Gasteiger partial charge in [0, 0.05) is 0 Å². The summed E-state index contributed by atoms with van der Waals surface area (Å²) in [5.41, 5.74) is -1.06. The van der Waals surface area contributed by atoms with Crippen LogP contribution in [0.1, 0.15) is 65.3 Å². The van der Waals surface area contributed by atoms with Gasteiger partial charge in [-0.25, -0.2) is 0 Å². The molecule has 0 aliphatic rings. The molecule has 0 atom stereocenters. The van der Waals surface area contributed by atoms with Crippen LogP contribution in [0.25, 0.3) is 43.8 Å². The average molecular weight is 973 g/mol. The van der Waals surface area contributed by atoms with Crippen molar-refractivity contribution in [3.63, 3.8) is 0 Å². The number of benzene rings is 4. The molecule has 0 amide bonds. The van der Waals surface area contributed by atoms with E-state index in [0.29, 0.717) is 21.9 Å². The molecule has 0 aliphatic carbocycles. The van der Waals surface area contributed by atoms with Crippen LogP contribution in [0.3, 0.4) is 0 Å². The number of halogens is 14. The Morgan fingerprint density at radius 2 is 0.814 bits per heavy atom. The van der Waals surface area contributed by atoms with Gasteiger partial charge in [0.2, 0.25) is 0 Å².